The van der Waals surface area contributed by atoms with E-state index in [4.69, 9.17) is 20.8 Å². The van der Waals surface area contributed by atoms with E-state index < -0.39 is 5.60 Å². The Bertz CT molecular complexity index is 1630. The fraction of sp³-hybridized carbons (Fsp3) is 0.407. The van der Waals surface area contributed by atoms with Gasteiger partial charge in [0.15, 0.2) is 11.5 Å². The molecule has 0 spiro atoms. The molecule has 1 saturated carbocycles. The third kappa shape index (κ3) is 3.99. The number of aromatic nitrogens is 4. The predicted octanol–water partition coefficient (Wildman–Crippen LogP) is 3.31. The van der Waals surface area contributed by atoms with Crippen LogP contribution in [0.25, 0.3) is 16.7 Å². The topological polar surface area (TPSA) is 116 Å². The first-order valence-corrected chi connectivity index (χ1v) is 13.3. The van der Waals surface area contributed by atoms with Gasteiger partial charge in [-0.3, -0.25) is 18.7 Å². The quantitative estimate of drug-likeness (QED) is 0.417. The SMILES string of the molecule is O=C(c1cnc(C2CC2)o1)N1CCC(O)(Cn2cnc3c(cc(Cl)n3-c3ccc4c(c3)OCC4)c2=O)CC1. The molecule has 11 heteroatoms. The zero-order valence-corrected chi connectivity index (χ0v) is 21.4. The number of carbonyl (C=O) groups excluding carboxylic acids is 1. The maximum Gasteiger partial charge on any atom is 0.291 e. The zero-order chi connectivity index (χ0) is 26.0. The van der Waals surface area contributed by atoms with Crippen molar-refractivity contribution in [2.24, 2.45) is 0 Å². The summed E-state index contributed by atoms with van der Waals surface area (Å²) in [4.78, 5) is 36.7. The highest BCUT2D eigenvalue weighted by Crippen LogP contribution is 2.39. The third-order valence-electron chi connectivity index (χ3n) is 7.79. The zero-order valence-electron chi connectivity index (χ0n) is 20.6. The fourth-order valence-corrected chi connectivity index (χ4v) is 5.69. The van der Waals surface area contributed by atoms with E-state index >= 15 is 0 Å². The third-order valence-corrected chi connectivity index (χ3v) is 8.06. The van der Waals surface area contributed by atoms with E-state index in [9.17, 15) is 14.7 Å². The Morgan fingerprint density at radius 3 is 2.79 bits per heavy atom. The smallest absolute Gasteiger partial charge is 0.291 e. The number of halogens is 1. The number of nitrogens with zero attached hydrogens (tertiary/aromatic N) is 5. The van der Waals surface area contributed by atoms with E-state index in [2.05, 4.69) is 9.97 Å². The van der Waals surface area contributed by atoms with Crippen LogP contribution in [-0.4, -0.2) is 60.3 Å². The number of benzene rings is 1. The molecule has 3 aliphatic rings. The van der Waals surface area contributed by atoms with Crippen LogP contribution in [0.2, 0.25) is 5.15 Å². The number of hydrogen-bond acceptors (Lipinski definition) is 7. The summed E-state index contributed by atoms with van der Waals surface area (Å²) in [6.45, 7) is 1.42. The lowest BCUT2D eigenvalue weighted by molar-refractivity contribution is -0.0304. The highest BCUT2D eigenvalue weighted by Gasteiger charge is 2.37. The minimum Gasteiger partial charge on any atom is -0.493 e. The number of fused-ring (bicyclic) bond motifs is 2. The van der Waals surface area contributed by atoms with Gasteiger partial charge in [-0.2, -0.15) is 0 Å². The van der Waals surface area contributed by atoms with Crippen LogP contribution in [0.1, 0.15) is 53.6 Å². The summed E-state index contributed by atoms with van der Waals surface area (Å²) in [6, 6.07) is 7.46. The minimum absolute atomic E-state index is 0.0699. The van der Waals surface area contributed by atoms with Crippen molar-refractivity contribution in [1.29, 1.82) is 0 Å². The van der Waals surface area contributed by atoms with E-state index in [0.717, 1.165) is 36.3 Å². The number of ether oxygens (including phenoxy) is 1. The van der Waals surface area contributed by atoms with Gasteiger partial charge >= 0.3 is 0 Å². The number of aliphatic hydroxyl groups is 1. The molecule has 0 bridgehead atoms. The molecule has 196 valence electrons. The maximum absolute atomic E-state index is 13.4. The normalized spacial score (nSPS) is 18.5. The standard InChI is InChI=1S/C27H26ClN5O5/c28-22-12-19-23(33(22)18-4-3-16-5-10-37-20(16)11-18)30-15-32(25(19)34)14-27(36)6-8-31(9-7-27)26(35)21-13-29-24(38-21)17-1-2-17/h3-4,11-13,15,17,36H,1-2,5-10,14H2. The number of piperidine rings is 1. The van der Waals surface area contributed by atoms with Crippen LogP contribution < -0.4 is 10.3 Å². The number of carbonyl (C=O) groups is 1. The van der Waals surface area contributed by atoms with Crippen molar-refractivity contribution in [3.05, 3.63) is 69.5 Å². The molecule has 2 fully saturated rings. The molecule has 1 aliphatic carbocycles. The minimum atomic E-state index is -1.15. The van der Waals surface area contributed by atoms with E-state index in [-0.39, 0.29) is 23.8 Å². The molecule has 0 unspecified atom stereocenters. The molecule has 2 aliphatic heterocycles. The van der Waals surface area contributed by atoms with Crippen LogP contribution in [0, 0.1) is 0 Å². The van der Waals surface area contributed by atoms with Gasteiger partial charge in [0.05, 0.1) is 36.0 Å². The second kappa shape index (κ2) is 8.71. The van der Waals surface area contributed by atoms with Crippen molar-refractivity contribution in [3.63, 3.8) is 0 Å². The van der Waals surface area contributed by atoms with Gasteiger partial charge in [-0.25, -0.2) is 9.97 Å². The van der Waals surface area contributed by atoms with E-state index in [1.165, 1.54) is 17.1 Å². The summed E-state index contributed by atoms with van der Waals surface area (Å²) in [6.07, 6.45) is 6.55. The summed E-state index contributed by atoms with van der Waals surface area (Å²) >= 11 is 6.55. The Kier molecular flexibility index (Phi) is 5.38. The molecule has 5 heterocycles. The van der Waals surface area contributed by atoms with Gasteiger partial charge in [0.2, 0.25) is 5.76 Å². The van der Waals surface area contributed by atoms with Crippen molar-refractivity contribution in [2.45, 2.75) is 50.2 Å². The highest BCUT2D eigenvalue weighted by molar-refractivity contribution is 6.31. The van der Waals surface area contributed by atoms with E-state index in [0.29, 0.717) is 60.5 Å². The van der Waals surface area contributed by atoms with Crippen LogP contribution >= 0.6 is 11.6 Å². The van der Waals surface area contributed by atoms with Gasteiger partial charge in [-0.1, -0.05) is 17.7 Å². The Balaban J connectivity index is 1.09. The molecule has 38 heavy (non-hydrogen) atoms. The van der Waals surface area contributed by atoms with Crippen molar-refractivity contribution in [2.75, 3.05) is 19.7 Å². The lowest BCUT2D eigenvalue weighted by Crippen LogP contribution is -2.49. The molecule has 1 amide bonds. The fourth-order valence-electron chi connectivity index (χ4n) is 5.40. The van der Waals surface area contributed by atoms with E-state index in [1.54, 1.807) is 15.5 Å². The van der Waals surface area contributed by atoms with Gasteiger partial charge < -0.3 is 19.2 Å². The Morgan fingerprint density at radius 2 is 2.00 bits per heavy atom. The molecular weight excluding hydrogens is 510 g/mol. The Hall–Kier alpha value is -3.63. The molecule has 0 radical (unpaired) electrons. The molecular formula is C27H26ClN5O5. The first kappa shape index (κ1) is 23.5. The van der Waals surface area contributed by atoms with Crippen LogP contribution in [0.15, 0.2) is 46.0 Å². The molecule has 10 nitrogen and oxygen atoms in total. The van der Waals surface area contributed by atoms with Crippen molar-refractivity contribution in [1.82, 2.24) is 24.0 Å². The lowest BCUT2D eigenvalue weighted by Gasteiger charge is -2.38. The van der Waals surface area contributed by atoms with E-state index in [1.807, 2.05) is 18.2 Å². The summed E-state index contributed by atoms with van der Waals surface area (Å²) in [5, 5.41) is 12.0. The first-order valence-electron chi connectivity index (χ1n) is 12.9. The molecule has 1 aromatic carbocycles. The molecule has 3 aromatic heterocycles. The molecule has 7 rings (SSSR count). The van der Waals surface area contributed by atoms with Crippen molar-refractivity contribution >= 4 is 28.5 Å². The van der Waals surface area contributed by atoms with Gasteiger partial charge in [0.1, 0.15) is 17.2 Å². The molecule has 1 saturated heterocycles. The number of hydrogen-bond donors (Lipinski definition) is 1. The van der Waals surface area contributed by atoms with Gasteiger partial charge in [0, 0.05) is 31.5 Å². The summed E-state index contributed by atoms with van der Waals surface area (Å²) < 4.78 is 14.5. The largest absolute Gasteiger partial charge is 0.493 e. The second-order valence-electron chi connectivity index (χ2n) is 10.5. The van der Waals surface area contributed by atoms with Gasteiger partial charge in [-0.05, 0) is 43.4 Å². The monoisotopic (exact) mass is 535 g/mol. The highest BCUT2D eigenvalue weighted by atomic mass is 35.5. The summed E-state index contributed by atoms with van der Waals surface area (Å²) in [5.74, 6) is 1.79. The van der Waals surface area contributed by atoms with Crippen LogP contribution in [0.3, 0.4) is 0 Å². The summed E-state index contributed by atoms with van der Waals surface area (Å²) in [7, 11) is 0. The Labute approximate surface area is 222 Å². The second-order valence-corrected chi connectivity index (χ2v) is 10.8. The van der Waals surface area contributed by atoms with Gasteiger partial charge in [0.25, 0.3) is 11.5 Å². The maximum atomic E-state index is 13.4. The number of likely N-dealkylation sites (tertiary alicyclic amines) is 1. The van der Waals surface area contributed by atoms with Crippen molar-refractivity contribution < 1.29 is 19.1 Å². The number of rotatable bonds is 5. The van der Waals surface area contributed by atoms with Crippen molar-refractivity contribution in [3.8, 4) is 11.4 Å². The average Bonchev–Trinajstić information content (AvgIpc) is 3.31. The first-order chi connectivity index (χ1) is 18.4. The number of oxazole rings is 1. The van der Waals surface area contributed by atoms with Crippen LogP contribution in [0.4, 0.5) is 0 Å². The summed E-state index contributed by atoms with van der Waals surface area (Å²) in [5.41, 5.74) is 0.914. The predicted molar refractivity (Wildman–Crippen MR) is 138 cm³/mol. The van der Waals surface area contributed by atoms with Gasteiger partial charge in [-0.15, -0.1) is 0 Å². The average molecular weight is 536 g/mol. The van der Waals surface area contributed by atoms with Crippen LogP contribution in [0.5, 0.6) is 5.75 Å². The molecule has 4 aromatic rings. The molecule has 0 atom stereocenters. The lowest BCUT2D eigenvalue weighted by atomic mass is 9.91. The molecule has 1 N–H and O–H groups in total. The van der Waals surface area contributed by atoms with Crippen LogP contribution in [-0.2, 0) is 13.0 Å². The Morgan fingerprint density at radius 1 is 1.18 bits per heavy atom. The number of amides is 1.